The monoisotopic (exact) mass is 420 g/mol. The van der Waals surface area contributed by atoms with Gasteiger partial charge in [-0.15, -0.1) is 5.10 Å². The van der Waals surface area contributed by atoms with Gasteiger partial charge < -0.3 is 10.1 Å². The van der Waals surface area contributed by atoms with Crippen molar-refractivity contribution in [3.63, 3.8) is 0 Å². The van der Waals surface area contributed by atoms with Gasteiger partial charge in [0.1, 0.15) is 17.1 Å². The predicted molar refractivity (Wildman–Crippen MR) is 119 cm³/mol. The Labute approximate surface area is 181 Å². The van der Waals surface area contributed by atoms with Gasteiger partial charge in [0.2, 0.25) is 5.91 Å². The summed E-state index contributed by atoms with van der Waals surface area (Å²) in [5, 5.41) is 13.4. The van der Waals surface area contributed by atoms with Crippen molar-refractivity contribution in [1.29, 1.82) is 0 Å². The molecule has 1 aromatic carbocycles. The zero-order chi connectivity index (χ0) is 21.3. The summed E-state index contributed by atoms with van der Waals surface area (Å²) in [7, 11) is 1.85. The van der Waals surface area contributed by atoms with E-state index in [0.29, 0.717) is 19.0 Å². The van der Waals surface area contributed by atoms with Gasteiger partial charge in [-0.25, -0.2) is 4.98 Å². The summed E-state index contributed by atoms with van der Waals surface area (Å²) in [6.07, 6.45) is 8.84. The number of rotatable bonds is 4. The van der Waals surface area contributed by atoms with Crippen LogP contribution < -0.4 is 5.32 Å². The van der Waals surface area contributed by atoms with Crippen LogP contribution in [-0.4, -0.2) is 62.6 Å². The van der Waals surface area contributed by atoms with Crippen molar-refractivity contribution in [3.8, 4) is 11.3 Å². The van der Waals surface area contributed by atoms with Gasteiger partial charge in [-0.2, -0.15) is 0 Å². The summed E-state index contributed by atoms with van der Waals surface area (Å²) < 4.78 is 7.22. The van der Waals surface area contributed by atoms with Crippen LogP contribution in [0.25, 0.3) is 22.0 Å². The molecule has 1 saturated heterocycles. The van der Waals surface area contributed by atoms with E-state index in [2.05, 4.69) is 31.6 Å². The minimum Gasteiger partial charge on any atom is -0.379 e. The number of benzene rings is 1. The fourth-order valence-electron chi connectivity index (χ4n) is 4.90. The second-order valence-electron chi connectivity index (χ2n) is 8.55. The van der Waals surface area contributed by atoms with Crippen molar-refractivity contribution in [2.45, 2.75) is 37.6 Å². The van der Waals surface area contributed by atoms with Crippen LogP contribution in [0.3, 0.4) is 0 Å². The summed E-state index contributed by atoms with van der Waals surface area (Å²) in [5.41, 5.74) is 1.35. The topological polar surface area (TPSA) is 85.2 Å². The third-order valence-corrected chi connectivity index (χ3v) is 6.58. The second-order valence-corrected chi connectivity index (χ2v) is 8.55. The second kappa shape index (κ2) is 8.36. The maximum absolute atomic E-state index is 13.6. The maximum Gasteiger partial charge on any atom is 0.246 e. The fraction of sp³-hybridized carbons (Fsp3) is 0.478. The number of morpholine rings is 1. The number of hydrogen-bond donors (Lipinski definition) is 1. The van der Waals surface area contributed by atoms with Crippen LogP contribution in [0.2, 0.25) is 0 Å². The van der Waals surface area contributed by atoms with Crippen LogP contribution in [0.15, 0.2) is 36.7 Å². The Morgan fingerprint density at radius 2 is 1.90 bits per heavy atom. The smallest absolute Gasteiger partial charge is 0.246 e. The highest BCUT2D eigenvalue weighted by atomic mass is 16.5. The zero-order valence-corrected chi connectivity index (χ0v) is 17.9. The van der Waals surface area contributed by atoms with Crippen molar-refractivity contribution >= 4 is 22.5 Å². The Bertz CT molecular complexity index is 1080. The standard InChI is InChI=1S/C23H28N6O2/c1-28-16-20(26-27-28)17-5-6-18-15-24-21(14-19(18)13-17)25-22(30)23(7-3-2-4-8-23)29-9-11-31-12-10-29/h5-6,13-16H,2-4,7-12H2,1H3,(H,24,25,30). The van der Waals surface area contributed by atoms with E-state index in [1.165, 1.54) is 6.42 Å². The molecule has 3 aromatic rings. The van der Waals surface area contributed by atoms with E-state index in [9.17, 15) is 4.79 Å². The summed E-state index contributed by atoms with van der Waals surface area (Å²) >= 11 is 0. The lowest BCUT2D eigenvalue weighted by molar-refractivity contribution is -0.134. The van der Waals surface area contributed by atoms with Gasteiger partial charge in [0, 0.05) is 37.3 Å². The first-order valence-corrected chi connectivity index (χ1v) is 11.0. The number of fused-ring (bicyclic) bond motifs is 1. The van der Waals surface area contributed by atoms with Crippen LogP contribution >= 0.6 is 0 Å². The van der Waals surface area contributed by atoms with E-state index in [-0.39, 0.29) is 5.91 Å². The third-order valence-electron chi connectivity index (χ3n) is 6.58. The van der Waals surface area contributed by atoms with Gasteiger partial charge in [0.25, 0.3) is 0 Å². The molecule has 1 aliphatic carbocycles. The molecule has 1 saturated carbocycles. The Balaban J connectivity index is 1.42. The Kier molecular flexibility index (Phi) is 5.41. The number of carbonyl (C=O) groups is 1. The van der Waals surface area contributed by atoms with Crippen molar-refractivity contribution in [2.24, 2.45) is 7.05 Å². The molecule has 1 aliphatic heterocycles. The third kappa shape index (κ3) is 3.93. The Morgan fingerprint density at radius 3 is 2.65 bits per heavy atom. The molecular weight excluding hydrogens is 392 g/mol. The number of pyridine rings is 1. The molecule has 2 fully saturated rings. The predicted octanol–water partition coefficient (Wildman–Crippen LogP) is 3.00. The first-order chi connectivity index (χ1) is 15.1. The highest BCUT2D eigenvalue weighted by Crippen LogP contribution is 2.35. The van der Waals surface area contributed by atoms with Crippen LogP contribution in [0.5, 0.6) is 0 Å². The molecule has 8 nitrogen and oxygen atoms in total. The quantitative estimate of drug-likeness (QED) is 0.698. The van der Waals surface area contributed by atoms with Crippen LogP contribution in [-0.2, 0) is 16.6 Å². The number of amides is 1. The Morgan fingerprint density at radius 1 is 1.10 bits per heavy atom. The Hall–Kier alpha value is -2.84. The van der Waals surface area contributed by atoms with Crippen molar-refractivity contribution in [3.05, 3.63) is 36.7 Å². The van der Waals surface area contributed by atoms with Crippen LogP contribution in [0.1, 0.15) is 32.1 Å². The molecular formula is C23H28N6O2. The number of carbonyl (C=O) groups excluding carboxylic acids is 1. The van der Waals surface area contributed by atoms with Gasteiger partial charge in [-0.3, -0.25) is 14.4 Å². The number of aromatic nitrogens is 4. The number of hydrogen-bond acceptors (Lipinski definition) is 6. The van der Waals surface area contributed by atoms with E-state index >= 15 is 0 Å². The minimum atomic E-state index is -0.458. The van der Waals surface area contributed by atoms with Gasteiger partial charge in [-0.05, 0) is 30.4 Å². The molecule has 31 heavy (non-hydrogen) atoms. The average Bonchev–Trinajstić information content (AvgIpc) is 3.26. The molecule has 5 rings (SSSR count). The normalized spacial score (nSPS) is 19.4. The molecule has 0 unspecified atom stereocenters. The summed E-state index contributed by atoms with van der Waals surface area (Å²) in [6, 6.07) is 8.05. The molecule has 1 N–H and O–H groups in total. The molecule has 8 heteroatoms. The lowest BCUT2D eigenvalue weighted by atomic mass is 9.79. The molecule has 0 spiro atoms. The number of aryl methyl sites for hydroxylation is 1. The lowest BCUT2D eigenvalue weighted by Crippen LogP contribution is -2.60. The first-order valence-electron chi connectivity index (χ1n) is 11.0. The SMILES string of the molecule is Cn1cc(-c2ccc3cnc(NC(=O)C4(N5CCOCC5)CCCCC4)cc3c2)nn1. The van der Waals surface area contributed by atoms with Crippen molar-refractivity contribution in [2.75, 3.05) is 31.6 Å². The van der Waals surface area contributed by atoms with Crippen LogP contribution in [0.4, 0.5) is 5.82 Å². The molecule has 2 aromatic heterocycles. The molecule has 0 bridgehead atoms. The van der Waals surface area contributed by atoms with E-state index in [1.54, 1.807) is 4.68 Å². The number of nitrogens with one attached hydrogen (secondary N) is 1. The maximum atomic E-state index is 13.6. The highest BCUT2D eigenvalue weighted by Gasteiger charge is 2.45. The van der Waals surface area contributed by atoms with E-state index < -0.39 is 5.54 Å². The van der Waals surface area contributed by atoms with Crippen molar-refractivity contribution in [1.82, 2.24) is 24.9 Å². The largest absolute Gasteiger partial charge is 0.379 e. The van der Waals surface area contributed by atoms with E-state index in [1.807, 2.05) is 37.6 Å². The zero-order valence-electron chi connectivity index (χ0n) is 17.9. The molecule has 2 aliphatic rings. The first kappa shape index (κ1) is 20.1. The number of anilines is 1. The van der Waals surface area contributed by atoms with Crippen molar-refractivity contribution < 1.29 is 9.53 Å². The van der Waals surface area contributed by atoms with Gasteiger partial charge in [0.15, 0.2) is 0 Å². The molecule has 3 heterocycles. The fourth-order valence-corrected chi connectivity index (χ4v) is 4.90. The van der Waals surface area contributed by atoms with Gasteiger partial charge in [0.05, 0.1) is 19.4 Å². The minimum absolute atomic E-state index is 0.0611. The molecule has 162 valence electrons. The average molecular weight is 421 g/mol. The summed E-state index contributed by atoms with van der Waals surface area (Å²) in [6.45, 7) is 2.99. The molecule has 0 radical (unpaired) electrons. The van der Waals surface area contributed by atoms with E-state index in [0.717, 1.165) is 60.8 Å². The molecule has 0 atom stereocenters. The summed E-state index contributed by atoms with van der Waals surface area (Å²) in [5.74, 6) is 0.651. The number of nitrogens with zero attached hydrogens (tertiary/aromatic N) is 5. The van der Waals surface area contributed by atoms with E-state index in [4.69, 9.17) is 4.74 Å². The highest BCUT2D eigenvalue weighted by molar-refractivity contribution is 5.99. The number of ether oxygens (including phenoxy) is 1. The molecule has 1 amide bonds. The van der Waals surface area contributed by atoms with Gasteiger partial charge >= 0.3 is 0 Å². The lowest BCUT2D eigenvalue weighted by Gasteiger charge is -2.46. The summed E-state index contributed by atoms with van der Waals surface area (Å²) in [4.78, 5) is 20.4. The van der Waals surface area contributed by atoms with Gasteiger partial charge in [-0.1, -0.05) is 36.6 Å². The van der Waals surface area contributed by atoms with Crippen LogP contribution in [0, 0.1) is 0 Å².